The van der Waals surface area contributed by atoms with E-state index in [1.54, 1.807) is 6.33 Å². The maximum atomic E-state index is 12.5. The fraction of sp³-hybridized carbons (Fsp3) is 0.800. The van der Waals surface area contributed by atoms with Crippen LogP contribution in [0.4, 0.5) is 0 Å². The second-order valence-electron chi connectivity index (χ2n) is 6.21. The number of carbonyl (C=O) groups is 1. The van der Waals surface area contributed by atoms with Gasteiger partial charge in [-0.25, -0.2) is 0 Å². The number of nitrogens with zero attached hydrogens (tertiary/aromatic N) is 4. The second kappa shape index (κ2) is 7.92. The lowest BCUT2D eigenvalue weighted by atomic mass is 9.91. The molecule has 126 valence electrons. The van der Waals surface area contributed by atoms with Gasteiger partial charge in [-0.15, -0.1) is 22.6 Å². The molecule has 0 aliphatic carbocycles. The van der Waals surface area contributed by atoms with Crippen LogP contribution in [0.25, 0.3) is 0 Å². The van der Waals surface area contributed by atoms with Crippen LogP contribution in [-0.4, -0.2) is 44.2 Å². The summed E-state index contributed by atoms with van der Waals surface area (Å²) in [4.78, 5) is 14.4. The maximum absolute atomic E-state index is 12.5. The summed E-state index contributed by atoms with van der Waals surface area (Å²) in [5, 5.41) is 8.24. The highest BCUT2D eigenvalue weighted by Gasteiger charge is 2.34. The first-order valence-electron chi connectivity index (χ1n) is 7.95. The van der Waals surface area contributed by atoms with Crippen LogP contribution in [0.1, 0.15) is 58.2 Å². The number of likely N-dealkylation sites (tertiary alicyclic amines) is 1. The zero-order chi connectivity index (χ0) is 15.5. The number of amides is 1. The van der Waals surface area contributed by atoms with Gasteiger partial charge in [0.1, 0.15) is 12.2 Å². The van der Waals surface area contributed by atoms with Crippen molar-refractivity contribution in [2.24, 2.45) is 5.73 Å². The number of nitrogens with two attached hydrogens (primary N) is 1. The summed E-state index contributed by atoms with van der Waals surface area (Å²) < 4.78 is 2.09. The fourth-order valence-corrected chi connectivity index (χ4v) is 3.15. The molecule has 2 N–H and O–H groups in total. The van der Waals surface area contributed by atoms with Crippen molar-refractivity contribution in [3.63, 3.8) is 0 Å². The molecule has 1 amide bonds. The van der Waals surface area contributed by atoms with Crippen molar-refractivity contribution in [1.29, 1.82) is 0 Å². The van der Waals surface area contributed by atoms with Crippen LogP contribution in [0.5, 0.6) is 0 Å². The van der Waals surface area contributed by atoms with Gasteiger partial charge < -0.3 is 15.2 Å². The van der Waals surface area contributed by atoms with Crippen LogP contribution < -0.4 is 5.73 Å². The van der Waals surface area contributed by atoms with Crippen molar-refractivity contribution in [2.75, 3.05) is 13.1 Å². The molecule has 0 radical (unpaired) electrons. The van der Waals surface area contributed by atoms with Crippen LogP contribution in [-0.2, 0) is 11.3 Å². The number of halogens is 1. The normalized spacial score (nSPS) is 18.6. The lowest BCUT2D eigenvalue weighted by Crippen LogP contribution is -2.54. The van der Waals surface area contributed by atoms with E-state index in [4.69, 9.17) is 5.73 Å². The summed E-state index contributed by atoms with van der Waals surface area (Å²) in [5.41, 5.74) is 5.43. The number of piperidine rings is 1. The molecule has 0 spiro atoms. The SMILES string of the molecule is CCCC(C)(N)C(=O)N1CCC(c2nncn2CC)CC1.Cl. The Morgan fingerprint density at radius 1 is 1.41 bits per heavy atom. The van der Waals surface area contributed by atoms with Gasteiger partial charge in [-0.1, -0.05) is 13.3 Å². The molecular weight excluding hydrogens is 302 g/mol. The van der Waals surface area contributed by atoms with E-state index in [0.717, 1.165) is 51.1 Å². The van der Waals surface area contributed by atoms with E-state index in [0.29, 0.717) is 5.92 Å². The molecule has 1 aliphatic heterocycles. The molecule has 2 rings (SSSR count). The molecule has 1 aromatic rings. The Bertz CT molecular complexity index is 480. The molecule has 2 heterocycles. The van der Waals surface area contributed by atoms with E-state index in [1.807, 2.05) is 11.8 Å². The van der Waals surface area contributed by atoms with E-state index in [-0.39, 0.29) is 18.3 Å². The quantitative estimate of drug-likeness (QED) is 0.895. The van der Waals surface area contributed by atoms with Crippen molar-refractivity contribution >= 4 is 18.3 Å². The zero-order valence-electron chi connectivity index (χ0n) is 13.8. The summed E-state index contributed by atoms with van der Waals surface area (Å²) in [5.74, 6) is 1.53. The number of hydrogen-bond acceptors (Lipinski definition) is 4. The van der Waals surface area contributed by atoms with Crippen LogP contribution in [0.3, 0.4) is 0 Å². The molecular formula is C15H28ClN5O. The monoisotopic (exact) mass is 329 g/mol. The first-order chi connectivity index (χ1) is 9.99. The second-order valence-corrected chi connectivity index (χ2v) is 6.21. The lowest BCUT2D eigenvalue weighted by molar-refractivity contribution is -0.137. The largest absolute Gasteiger partial charge is 0.341 e. The highest BCUT2D eigenvalue weighted by Crippen LogP contribution is 2.28. The van der Waals surface area contributed by atoms with Crippen LogP contribution in [0.2, 0.25) is 0 Å². The minimum Gasteiger partial charge on any atom is -0.341 e. The first-order valence-corrected chi connectivity index (χ1v) is 7.95. The third kappa shape index (κ3) is 3.98. The molecule has 22 heavy (non-hydrogen) atoms. The predicted molar refractivity (Wildman–Crippen MR) is 89.0 cm³/mol. The van der Waals surface area contributed by atoms with Gasteiger partial charge in [-0.05, 0) is 33.1 Å². The van der Waals surface area contributed by atoms with Crippen LogP contribution in [0.15, 0.2) is 6.33 Å². The molecule has 1 fully saturated rings. The molecule has 6 nitrogen and oxygen atoms in total. The Hall–Kier alpha value is -1.14. The van der Waals surface area contributed by atoms with Gasteiger partial charge in [0.25, 0.3) is 0 Å². The summed E-state index contributed by atoms with van der Waals surface area (Å²) in [7, 11) is 0. The summed E-state index contributed by atoms with van der Waals surface area (Å²) in [6.07, 6.45) is 5.31. The minimum absolute atomic E-state index is 0. The third-order valence-electron chi connectivity index (χ3n) is 4.39. The molecule has 1 atom stereocenters. The van der Waals surface area contributed by atoms with E-state index >= 15 is 0 Å². The lowest BCUT2D eigenvalue weighted by Gasteiger charge is -2.36. The Morgan fingerprint density at radius 2 is 2.05 bits per heavy atom. The summed E-state index contributed by atoms with van der Waals surface area (Å²) >= 11 is 0. The van der Waals surface area contributed by atoms with Gasteiger partial charge >= 0.3 is 0 Å². The standard InChI is InChI=1S/C15H27N5O.ClH/c1-4-8-15(3,16)14(21)20-9-6-12(7-10-20)13-18-17-11-19(13)5-2;/h11-12H,4-10,16H2,1-3H3;1H. The van der Waals surface area contributed by atoms with E-state index in [9.17, 15) is 4.79 Å². The molecule has 0 aromatic carbocycles. The number of carbonyl (C=O) groups excluding carboxylic acids is 1. The number of aromatic nitrogens is 3. The van der Waals surface area contributed by atoms with Gasteiger partial charge in [-0.2, -0.15) is 0 Å². The topological polar surface area (TPSA) is 77.0 Å². The average molecular weight is 330 g/mol. The summed E-state index contributed by atoms with van der Waals surface area (Å²) in [6, 6.07) is 0. The molecule has 1 aromatic heterocycles. The van der Waals surface area contributed by atoms with Gasteiger partial charge in [-0.3, -0.25) is 4.79 Å². The highest BCUT2D eigenvalue weighted by atomic mass is 35.5. The van der Waals surface area contributed by atoms with Gasteiger partial charge in [0.05, 0.1) is 5.54 Å². The zero-order valence-corrected chi connectivity index (χ0v) is 14.6. The first kappa shape index (κ1) is 18.9. The Labute approximate surface area is 138 Å². The highest BCUT2D eigenvalue weighted by molar-refractivity contribution is 5.86. The maximum Gasteiger partial charge on any atom is 0.242 e. The van der Waals surface area contributed by atoms with Crippen molar-refractivity contribution in [3.8, 4) is 0 Å². The molecule has 0 saturated carbocycles. The van der Waals surface area contributed by atoms with Gasteiger partial charge in [0.2, 0.25) is 5.91 Å². The van der Waals surface area contributed by atoms with Crippen LogP contribution >= 0.6 is 12.4 Å². The van der Waals surface area contributed by atoms with E-state index in [1.165, 1.54) is 0 Å². The smallest absolute Gasteiger partial charge is 0.242 e. The molecule has 1 aliphatic rings. The Morgan fingerprint density at radius 3 is 2.59 bits per heavy atom. The Kier molecular flexibility index (Phi) is 6.81. The number of hydrogen-bond donors (Lipinski definition) is 1. The van der Waals surface area contributed by atoms with Crippen LogP contribution in [0, 0.1) is 0 Å². The summed E-state index contributed by atoms with van der Waals surface area (Å²) in [6.45, 7) is 8.41. The Balaban J connectivity index is 0.00000242. The van der Waals surface area contributed by atoms with Crippen molar-refractivity contribution in [1.82, 2.24) is 19.7 Å². The fourth-order valence-electron chi connectivity index (χ4n) is 3.15. The molecule has 1 saturated heterocycles. The van der Waals surface area contributed by atoms with Crippen molar-refractivity contribution in [3.05, 3.63) is 12.2 Å². The van der Waals surface area contributed by atoms with E-state index in [2.05, 4.69) is 28.6 Å². The van der Waals surface area contributed by atoms with Gasteiger partial charge in [0, 0.05) is 25.6 Å². The molecule has 1 unspecified atom stereocenters. The molecule has 7 heteroatoms. The third-order valence-corrected chi connectivity index (χ3v) is 4.39. The van der Waals surface area contributed by atoms with Crippen molar-refractivity contribution in [2.45, 2.75) is 64.5 Å². The van der Waals surface area contributed by atoms with Gasteiger partial charge in [0.15, 0.2) is 0 Å². The number of aryl methyl sites for hydroxylation is 1. The molecule has 0 bridgehead atoms. The van der Waals surface area contributed by atoms with E-state index < -0.39 is 5.54 Å². The predicted octanol–water partition coefficient (Wildman–Crippen LogP) is 1.94. The average Bonchev–Trinajstić information content (AvgIpc) is 2.95. The number of rotatable bonds is 5. The minimum atomic E-state index is -0.731. The van der Waals surface area contributed by atoms with Crippen molar-refractivity contribution < 1.29 is 4.79 Å².